The second-order valence-electron chi connectivity index (χ2n) is 4.63. The number of hydrogen-bond donors (Lipinski definition) is 4. The Kier molecular flexibility index (Phi) is 3.07. The summed E-state index contributed by atoms with van der Waals surface area (Å²) in [4.78, 5) is 0. The Morgan fingerprint density at radius 2 is 1.71 bits per heavy atom. The van der Waals surface area contributed by atoms with Crippen molar-refractivity contribution in [2.45, 2.75) is 0 Å². The molecule has 5 nitrogen and oxygen atoms in total. The van der Waals surface area contributed by atoms with Crippen LogP contribution in [0.5, 0.6) is 28.7 Å². The van der Waals surface area contributed by atoms with Crippen LogP contribution < -0.4 is 4.74 Å². The van der Waals surface area contributed by atoms with Gasteiger partial charge in [-0.1, -0.05) is 11.6 Å². The number of ether oxygens (including phenoxy) is 1. The molecule has 2 aromatic carbocycles. The number of aromatic hydroxyl groups is 4. The zero-order valence-corrected chi connectivity index (χ0v) is 11.4. The summed E-state index contributed by atoms with van der Waals surface area (Å²) in [7, 11) is 0. The van der Waals surface area contributed by atoms with E-state index in [9.17, 15) is 20.4 Å². The molecule has 0 fully saturated rings. The molecule has 0 aromatic heterocycles. The second-order valence-corrected chi connectivity index (χ2v) is 5.04. The van der Waals surface area contributed by atoms with Crippen molar-refractivity contribution in [3.8, 4) is 28.7 Å². The highest BCUT2D eigenvalue weighted by molar-refractivity contribution is 6.32. The topological polar surface area (TPSA) is 90.2 Å². The first-order valence-corrected chi connectivity index (χ1v) is 6.45. The minimum atomic E-state index is -0.581. The first-order chi connectivity index (χ1) is 9.97. The average molecular weight is 307 g/mol. The van der Waals surface area contributed by atoms with Crippen molar-refractivity contribution in [3.05, 3.63) is 40.4 Å². The zero-order chi connectivity index (χ0) is 15.1. The number of fused-ring (bicyclic) bond motifs is 1. The Labute approximate surface area is 124 Å². The van der Waals surface area contributed by atoms with Crippen molar-refractivity contribution in [1.82, 2.24) is 0 Å². The van der Waals surface area contributed by atoms with E-state index in [-0.39, 0.29) is 17.4 Å². The van der Waals surface area contributed by atoms with Crippen LogP contribution in [0.2, 0.25) is 5.02 Å². The first-order valence-electron chi connectivity index (χ1n) is 6.07. The van der Waals surface area contributed by atoms with Crippen LogP contribution in [0, 0.1) is 0 Å². The van der Waals surface area contributed by atoms with Gasteiger partial charge in [-0.3, -0.25) is 0 Å². The van der Waals surface area contributed by atoms with Crippen LogP contribution in [0.3, 0.4) is 0 Å². The standard InChI is InChI=1S/C15H11ClO5/c16-10-4-7-3-8(6-21-13(7)5-12(10)18)9-1-2-11(17)15(20)14(9)19/h1-5,17-20H,6H2. The molecule has 108 valence electrons. The molecule has 0 unspecified atom stereocenters. The van der Waals surface area contributed by atoms with Crippen molar-refractivity contribution in [2.24, 2.45) is 0 Å². The quantitative estimate of drug-likeness (QED) is 0.608. The van der Waals surface area contributed by atoms with Gasteiger partial charge in [0.25, 0.3) is 0 Å². The van der Waals surface area contributed by atoms with Gasteiger partial charge in [0.15, 0.2) is 11.5 Å². The summed E-state index contributed by atoms with van der Waals surface area (Å²) in [5.74, 6) is -0.997. The van der Waals surface area contributed by atoms with E-state index in [0.29, 0.717) is 22.4 Å². The lowest BCUT2D eigenvalue weighted by atomic mass is 9.99. The van der Waals surface area contributed by atoms with Gasteiger partial charge in [-0.25, -0.2) is 0 Å². The molecular formula is C15H11ClO5. The van der Waals surface area contributed by atoms with Crippen LogP contribution in [-0.4, -0.2) is 27.0 Å². The van der Waals surface area contributed by atoms with Crippen LogP contribution in [0.25, 0.3) is 11.6 Å². The average Bonchev–Trinajstić information content (AvgIpc) is 2.46. The SMILES string of the molecule is Oc1cc2c(cc1Cl)C=C(c1ccc(O)c(O)c1O)CO2. The lowest BCUT2D eigenvalue weighted by Crippen LogP contribution is -2.06. The van der Waals surface area contributed by atoms with E-state index in [4.69, 9.17) is 16.3 Å². The molecule has 6 heteroatoms. The minimum Gasteiger partial charge on any atom is -0.506 e. The maximum atomic E-state index is 9.90. The number of rotatable bonds is 1. The minimum absolute atomic E-state index is 0.0719. The highest BCUT2D eigenvalue weighted by atomic mass is 35.5. The fraction of sp³-hybridized carbons (Fsp3) is 0.0667. The fourth-order valence-corrected chi connectivity index (χ4v) is 2.34. The van der Waals surface area contributed by atoms with Gasteiger partial charge in [0.05, 0.1) is 5.02 Å². The Hall–Kier alpha value is -2.53. The van der Waals surface area contributed by atoms with Gasteiger partial charge in [0.2, 0.25) is 5.75 Å². The van der Waals surface area contributed by atoms with Crippen molar-refractivity contribution in [3.63, 3.8) is 0 Å². The Bertz CT molecular complexity index is 767. The molecule has 1 aliphatic heterocycles. The number of phenolic OH excluding ortho intramolecular Hbond substituents is 4. The van der Waals surface area contributed by atoms with E-state index in [0.717, 1.165) is 0 Å². The van der Waals surface area contributed by atoms with Gasteiger partial charge in [-0.15, -0.1) is 0 Å². The van der Waals surface area contributed by atoms with Crippen LogP contribution in [0.4, 0.5) is 0 Å². The summed E-state index contributed by atoms with van der Waals surface area (Å²) in [5, 5.41) is 38.5. The number of benzene rings is 2. The normalized spacial score (nSPS) is 13.3. The Morgan fingerprint density at radius 1 is 0.952 bits per heavy atom. The van der Waals surface area contributed by atoms with Crippen molar-refractivity contribution >= 4 is 23.3 Å². The molecular weight excluding hydrogens is 296 g/mol. The summed E-state index contributed by atoms with van der Waals surface area (Å²) in [6, 6.07) is 5.72. The summed E-state index contributed by atoms with van der Waals surface area (Å²) < 4.78 is 5.51. The van der Waals surface area contributed by atoms with E-state index in [1.807, 2.05) is 0 Å². The summed E-state index contributed by atoms with van der Waals surface area (Å²) in [6.07, 6.45) is 1.73. The molecule has 21 heavy (non-hydrogen) atoms. The predicted octanol–water partition coefficient (Wildman–Crippen LogP) is 3.10. The van der Waals surface area contributed by atoms with Gasteiger partial charge in [-0.05, 0) is 24.3 Å². The predicted molar refractivity (Wildman–Crippen MR) is 77.9 cm³/mol. The fourth-order valence-electron chi connectivity index (χ4n) is 2.16. The van der Waals surface area contributed by atoms with Gasteiger partial charge in [0.1, 0.15) is 18.1 Å². The van der Waals surface area contributed by atoms with E-state index in [2.05, 4.69) is 0 Å². The van der Waals surface area contributed by atoms with Gasteiger partial charge in [-0.2, -0.15) is 0 Å². The molecule has 0 spiro atoms. The number of hydrogen-bond acceptors (Lipinski definition) is 5. The second kappa shape index (κ2) is 4.79. The van der Waals surface area contributed by atoms with Gasteiger partial charge >= 0.3 is 0 Å². The smallest absolute Gasteiger partial charge is 0.200 e. The largest absolute Gasteiger partial charge is 0.506 e. The third-order valence-corrected chi connectivity index (χ3v) is 3.57. The van der Waals surface area contributed by atoms with E-state index in [1.165, 1.54) is 18.2 Å². The molecule has 3 rings (SSSR count). The molecule has 0 saturated carbocycles. The first kappa shape index (κ1) is 13.5. The van der Waals surface area contributed by atoms with E-state index < -0.39 is 17.2 Å². The molecule has 4 N–H and O–H groups in total. The molecule has 1 aliphatic rings. The molecule has 2 aromatic rings. The third-order valence-electron chi connectivity index (χ3n) is 3.27. The van der Waals surface area contributed by atoms with Gasteiger partial charge < -0.3 is 25.2 Å². The zero-order valence-electron chi connectivity index (χ0n) is 10.7. The molecule has 0 bridgehead atoms. The van der Waals surface area contributed by atoms with Crippen LogP contribution in [0.15, 0.2) is 24.3 Å². The van der Waals surface area contributed by atoms with E-state index in [1.54, 1.807) is 12.1 Å². The van der Waals surface area contributed by atoms with Gasteiger partial charge in [0, 0.05) is 22.8 Å². The number of phenols is 4. The summed E-state index contributed by atoms with van der Waals surface area (Å²) >= 11 is 5.86. The Balaban J connectivity index is 2.11. The maximum Gasteiger partial charge on any atom is 0.200 e. The molecule has 0 saturated heterocycles. The molecule has 1 heterocycles. The summed E-state index contributed by atoms with van der Waals surface area (Å²) in [6.45, 7) is 0.145. The van der Waals surface area contributed by atoms with Crippen molar-refractivity contribution in [2.75, 3.05) is 6.61 Å². The maximum absolute atomic E-state index is 9.90. The molecule has 0 aliphatic carbocycles. The highest BCUT2D eigenvalue weighted by Crippen LogP contribution is 2.43. The molecule has 0 radical (unpaired) electrons. The monoisotopic (exact) mass is 306 g/mol. The van der Waals surface area contributed by atoms with E-state index >= 15 is 0 Å². The summed E-state index contributed by atoms with van der Waals surface area (Å²) in [5.41, 5.74) is 1.60. The lowest BCUT2D eigenvalue weighted by molar-refractivity contribution is 0.356. The lowest BCUT2D eigenvalue weighted by Gasteiger charge is -2.19. The molecule has 0 amide bonds. The molecule has 0 atom stereocenters. The van der Waals surface area contributed by atoms with Crippen molar-refractivity contribution < 1.29 is 25.2 Å². The Morgan fingerprint density at radius 3 is 2.48 bits per heavy atom. The number of halogens is 1. The van der Waals surface area contributed by atoms with Crippen LogP contribution >= 0.6 is 11.6 Å². The highest BCUT2D eigenvalue weighted by Gasteiger charge is 2.20. The van der Waals surface area contributed by atoms with Crippen molar-refractivity contribution in [1.29, 1.82) is 0 Å². The van der Waals surface area contributed by atoms with Crippen LogP contribution in [-0.2, 0) is 0 Å². The van der Waals surface area contributed by atoms with Crippen LogP contribution in [0.1, 0.15) is 11.1 Å². The third kappa shape index (κ3) is 2.21.